The number of nitrogens with zero attached hydrogens (tertiary/aromatic N) is 4. The quantitative estimate of drug-likeness (QED) is 0.635. The van der Waals surface area contributed by atoms with E-state index in [1.54, 1.807) is 35.9 Å². The molecule has 0 N–H and O–H groups in total. The smallest absolute Gasteiger partial charge is 0.274 e. The Hall–Kier alpha value is -3.06. The average Bonchev–Trinajstić information content (AvgIpc) is 3.10. The average molecular weight is 427 g/mol. The van der Waals surface area contributed by atoms with Gasteiger partial charge < -0.3 is 14.4 Å². The highest BCUT2D eigenvalue weighted by Crippen LogP contribution is 2.33. The van der Waals surface area contributed by atoms with Gasteiger partial charge in [-0.2, -0.15) is 5.10 Å². The molecule has 7 nitrogen and oxygen atoms in total. The molecule has 2 aromatic heterocycles. The van der Waals surface area contributed by atoms with Crippen LogP contribution in [0.3, 0.4) is 0 Å². The molecule has 3 heterocycles. The van der Waals surface area contributed by atoms with E-state index in [1.165, 1.54) is 0 Å². The maximum Gasteiger partial charge on any atom is 0.274 e. The van der Waals surface area contributed by atoms with Gasteiger partial charge in [-0.3, -0.25) is 4.79 Å². The maximum absolute atomic E-state index is 13.3. The van der Waals surface area contributed by atoms with Crippen molar-refractivity contribution in [2.24, 2.45) is 0 Å². The summed E-state index contributed by atoms with van der Waals surface area (Å²) in [7, 11) is 3.22. The summed E-state index contributed by atoms with van der Waals surface area (Å²) in [6, 6.07) is 9.32. The van der Waals surface area contributed by atoms with Crippen molar-refractivity contribution in [1.29, 1.82) is 0 Å². The van der Waals surface area contributed by atoms with Gasteiger partial charge in [0.2, 0.25) is 0 Å². The Morgan fingerprint density at radius 1 is 1.07 bits per heavy atom. The Morgan fingerprint density at radius 2 is 1.77 bits per heavy atom. The van der Waals surface area contributed by atoms with E-state index in [0.29, 0.717) is 35.4 Å². The zero-order valence-electron chi connectivity index (χ0n) is 17.4. The third-order valence-corrected chi connectivity index (χ3v) is 5.57. The van der Waals surface area contributed by atoms with Gasteiger partial charge >= 0.3 is 0 Å². The van der Waals surface area contributed by atoms with Gasteiger partial charge in [0, 0.05) is 18.8 Å². The molecule has 4 rings (SSSR count). The molecule has 0 atom stereocenters. The normalized spacial score (nSPS) is 13.2. The number of pyridine rings is 1. The molecule has 0 saturated carbocycles. The number of methoxy groups -OCH3 is 2. The second kappa shape index (κ2) is 7.99. The summed E-state index contributed by atoms with van der Waals surface area (Å²) < 4.78 is 12.5. The van der Waals surface area contributed by atoms with E-state index >= 15 is 0 Å². The fourth-order valence-corrected chi connectivity index (χ4v) is 3.95. The zero-order valence-corrected chi connectivity index (χ0v) is 18.2. The molecular formula is C22H23ClN4O3. The lowest BCUT2D eigenvalue weighted by atomic mass is 9.98. The number of ether oxygens (including phenoxy) is 2. The molecule has 0 fully saturated rings. The fraction of sp³-hybridized carbons (Fsp3) is 0.318. The van der Waals surface area contributed by atoms with Crippen molar-refractivity contribution in [1.82, 2.24) is 19.7 Å². The Bertz CT molecular complexity index is 1130. The van der Waals surface area contributed by atoms with E-state index in [4.69, 9.17) is 21.1 Å². The van der Waals surface area contributed by atoms with Gasteiger partial charge in [-0.05, 0) is 61.7 Å². The number of rotatable bonds is 4. The Labute approximate surface area is 180 Å². The van der Waals surface area contributed by atoms with Crippen LogP contribution in [0.5, 0.6) is 11.5 Å². The molecule has 3 aromatic rings. The summed E-state index contributed by atoms with van der Waals surface area (Å²) in [5, 5.41) is 4.77. The first-order valence-electron chi connectivity index (χ1n) is 9.64. The van der Waals surface area contributed by atoms with Gasteiger partial charge in [0.05, 0.1) is 24.9 Å². The SMILES string of the molecule is COc1cc2c(cc1OC)CN(C(=O)c1nc(-n3nc(C)cc3C)ccc1Cl)CC2. The number of benzene rings is 1. The molecule has 30 heavy (non-hydrogen) atoms. The predicted molar refractivity (Wildman–Crippen MR) is 114 cm³/mol. The number of aryl methyl sites for hydroxylation is 2. The van der Waals surface area contributed by atoms with E-state index in [-0.39, 0.29) is 11.6 Å². The van der Waals surface area contributed by atoms with Crippen LogP contribution >= 0.6 is 11.6 Å². The van der Waals surface area contributed by atoms with Crippen LogP contribution in [-0.4, -0.2) is 46.3 Å². The summed E-state index contributed by atoms with van der Waals surface area (Å²) in [6.45, 7) is 4.89. The molecule has 0 saturated heterocycles. The molecule has 0 unspecified atom stereocenters. The fourth-order valence-electron chi connectivity index (χ4n) is 3.77. The number of amides is 1. The Kier molecular flexibility index (Phi) is 5.39. The largest absolute Gasteiger partial charge is 0.493 e. The number of hydrogen-bond acceptors (Lipinski definition) is 5. The third kappa shape index (κ3) is 3.61. The minimum Gasteiger partial charge on any atom is -0.493 e. The van der Waals surface area contributed by atoms with Crippen molar-refractivity contribution in [3.8, 4) is 17.3 Å². The van der Waals surface area contributed by atoms with E-state index in [9.17, 15) is 4.79 Å². The van der Waals surface area contributed by atoms with Crippen molar-refractivity contribution < 1.29 is 14.3 Å². The second-order valence-electron chi connectivity index (χ2n) is 7.29. The molecule has 0 radical (unpaired) electrons. The van der Waals surface area contributed by atoms with Crippen LogP contribution < -0.4 is 9.47 Å². The van der Waals surface area contributed by atoms with Gasteiger partial charge in [-0.15, -0.1) is 0 Å². The molecule has 1 aliphatic heterocycles. The van der Waals surface area contributed by atoms with Crippen LogP contribution in [0.1, 0.15) is 33.0 Å². The first-order chi connectivity index (χ1) is 14.4. The molecule has 8 heteroatoms. The number of carbonyl (C=O) groups excluding carboxylic acids is 1. The molecule has 1 aromatic carbocycles. The number of halogens is 1. The summed E-state index contributed by atoms with van der Waals surface area (Å²) in [4.78, 5) is 19.6. The summed E-state index contributed by atoms with van der Waals surface area (Å²) in [6.07, 6.45) is 0.718. The number of fused-ring (bicyclic) bond motifs is 1. The van der Waals surface area contributed by atoms with E-state index in [1.807, 2.05) is 32.0 Å². The van der Waals surface area contributed by atoms with Crippen molar-refractivity contribution >= 4 is 17.5 Å². The van der Waals surface area contributed by atoms with E-state index in [0.717, 1.165) is 28.9 Å². The van der Waals surface area contributed by atoms with Crippen LogP contribution in [0.4, 0.5) is 0 Å². The van der Waals surface area contributed by atoms with Crippen LogP contribution in [-0.2, 0) is 13.0 Å². The summed E-state index contributed by atoms with van der Waals surface area (Å²) >= 11 is 6.35. The van der Waals surface area contributed by atoms with Gasteiger partial charge in [-0.25, -0.2) is 9.67 Å². The monoisotopic (exact) mass is 426 g/mol. The molecule has 0 aliphatic carbocycles. The minimum atomic E-state index is -0.205. The lowest BCUT2D eigenvalue weighted by Crippen LogP contribution is -2.36. The highest BCUT2D eigenvalue weighted by atomic mass is 35.5. The van der Waals surface area contributed by atoms with Crippen LogP contribution in [0.25, 0.3) is 5.82 Å². The molecule has 156 valence electrons. The molecule has 1 aliphatic rings. The number of carbonyl (C=O) groups is 1. The zero-order chi connectivity index (χ0) is 21.4. The van der Waals surface area contributed by atoms with E-state index < -0.39 is 0 Å². The number of hydrogen-bond donors (Lipinski definition) is 0. The standard InChI is InChI=1S/C22H23ClN4O3/c1-13-9-14(2)27(25-13)20-6-5-17(23)21(24-20)22(28)26-8-7-15-10-18(29-3)19(30-4)11-16(15)12-26/h5-6,9-11H,7-8,12H2,1-4H3. The molecule has 0 spiro atoms. The molecular weight excluding hydrogens is 404 g/mol. The lowest BCUT2D eigenvalue weighted by Gasteiger charge is -2.29. The maximum atomic E-state index is 13.3. The van der Waals surface area contributed by atoms with Crippen molar-refractivity contribution in [3.05, 3.63) is 63.6 Å². The van der Waals surface area contributed by atoms with Crippen LogP contribution in [0, 0.1) is 13.8 Å². The third-order valence-electron chi connectivity index (χ3n) is 5.27. The van der Waals surface area contributed by atoms with Crippen LogP contribution in [0.2, 0.25) is 5.02 Å². The predicted octanol–water partition coefficient (Wildman–Crippen LogP) is 3.75. The summed E-state index contributed by atoms with van der Waals surface area (Å²) in [5.41, 5.74) is 4.22. The van der Waals surface area contributed by atoms with Gasteiger partial charge in [-0.1, -0.05) is 11.6 Å². The second-order valence-corrected chi connectivity index (χ2v) is 7.70. The highest BCUT2D eigenvalue weighted by Gasteiger charge is 2.26. The van der Waals surface area contributed by atoms with Gasteiger partial charge in [0.15, 0.2) is 17.3 Å². The van der Waals surface area contributed by atoms with E-state index in [2.05, 4.69) is 10.1 Å². The summed E-state index contributed by atoms with van der Waals surface area (Å²) in [5.74, 6) is 1.70. The van der Waals surface area contributed by atoms with Crippen molar-refractivity contribution in [2.75, 3.05) is 20.8 Å². The first kappa shape index (κ1) is 20.2. The Balaban J connectivity index is 1.64. The molecule has 0 bridgehead atoms. The Morgan fingerprint density at radius 3 is 2.40 bits per heavy atom. The lowest BCUT2D eigenvalue weighted by molar-refractivity contribution is 0.0728. The first-order valence-corrected chi connectivity index (χ1v) is 10.0. The van der Waals surface area contributed by atoms with Gasteiger partial charge in [0.25, 0.3) is 5.91 Å². The van der Waals surface area contributed by atoms with Crippen molar-refractivity contribution in [2.45, 2.75) is 26.8 Å². The van der Waals surface area contributed by atoms with Crippen molar-refractivity contribution in [3.63, 3.8) is 0 Å². The minimum absolute atomic E-state index is 0.205. The van der Waals surface area contributed by atoms with Gasteiger partial charge in [0.1, 0.15) is 5.69 Å². The molecule has 1 amide bonds. The number of aromatic nitrogens is 3. The topological polar surface area (TPSA) is 69.5 Å². The highest BCUT2D eigenvalue weighted by molar-refractivity contribution is 6.33. The van der Waals surface area contributed by atoms with Crippen LogP contribution in [0.15, 0.2) is 30.3 Å².